The van der Waals surface area contributed by atoms with Crippen molar-refractivity contribution in [2.75, 3.05) is 5.73 Å². The molecule has 12 heavy (non-hydrogen) atoms. The molecule has 0 amide bonds. The third kappa shape index (κ3) is 3.08. The largest absolute Gasteiger partial charge is 0.744 e. The molecule has 0 unspecified atom stereocenters. The van der Waals surface area contributed by atoms with E-state index in [1.807, 2.05) is 0 Å². The van der Waals surface area contributed by atoms with Crippen molar-refractivity contribution in [3.8, 4) is 0 Å². The van der Waals surface area contributed by atoms with Gasteiger partial charge in [-0.1, -0.05) is 0 Å². The Morgan fingerprint density at radius 1 is 1.42 bits per heavy atom. The van der Waals surface area contributed by atoms with Crippen LogP contribution in [-0.4, -0.2) is 47.5 Å². The first-order valence-electron chi connectivity index (χ1n) is 2.67. The summed E-state index contributed by atoms with van der Waals surface area (Å²) >= 11 is 0. The van der Waals surface area contributed by atoms with Gasteiger partial charge in [0.25, 0.3) is 0 Å². The molecule has 0 saturated carbocycles. The number of nitrogens with zero attached hydrogens (tertiary/aromatic N) is 1. The molecule has 1 heterocycles. The van der Waals surface area contributed by atoms with Crippen molar-refractivity contribution in [1.82, 2.24) is 4.98 Å². The van der Waals surface area contributed by atoms with Gasteiger partial charge in [-0.05, 0) is 12.1 Å². The van der Waals surface area contributed by atoms with E-state index in [-0.39, 0.29) is 40.3 Å². The smallest absolute Gasteiger partial charge is 0.125 e. The summed E-state index contributed by atoms with van der Waals surface area (Å²) in [5.41, 5.74) is 5.16. The molecule has 0 atom stereocenters. The Morgan fingerprint density at radius 3 is 2.33 bits per heavy atom. The van der Waals surface area contributed by atoms with Gasteiger partial charge in [0.2, 0.25) is 0 Å². The molecule has 1 rings (SSSR count). The average molecular weight is 196 g/mol. The zero-order valence-corrected chi connectivity index (χ0v) is 9.21. The summed E-state index contributed by atoms with van der Waals surface area (Å²) in [4.78, 5) is 3.08. The molecule has 1 aromatic heterocycles. The van der Waals surface area contributed by atoms with Crippen LogP contribution in [0.3, 0.4) is 0 Å². The SMILES string of the molecule is Nc1ccc(S(=O)(=O)[O-])cn1.[Na]. The predicted molar refractivity (Wildman–Crippen MR) is 42.4 cm³/mol. The first-order chi connectivity index (χ1) is 5.00. The van der Waals surface area contributed by atoms with Gasteiger partial charge >= 0.3 is 0 Å². The molecule has 5 nitrogen and oxygen atoms in total. The molecule has 0 saturated heterocycles. The van der Waals surface area contributed by atoms with Crippen molar-refractivity contribution in [2.24, 2.45) is 0 Å². The Labute approximate surface area is 92.0 Å². The second kappa shape index (κ2) is 4.20. The zero-order chi connectivity index (χ0) is 8.48. The predicted octanol–water partition coefficient (Wildman–Crippen LogP) is -0.813. The van der Waals surface area contributed by atoms with Crippen LogP contribution in [-0.2, 0) is 10.1 Å². The van der Waals surface area contributed by atoms with Crippen LogP contribution in [0.15, 0.2) is 23.2 Å². The van der Waals surface area contributed by atoms with Crippen LogP contribution in [0.5, 0.6) is 0 Å². The summed E-state index contributed by atoms with van der Waals surface area (Å²) < 4.78 is 30.9. The van der Waals surface area contributed by atoms with E-state index in [1.54, 1.807) is 0 Å². The Kier molecular flexibility index (Phi) is 4.15. The van der Waals surface area contributed by atoms with Crippen molar-refractivity contribution in [2.45, 2.75) is 4.90 Å². The van der Waals surface area contributed by atoms with Crippen molar-refractivity contribution in [3.05, 3.63) is 18.3 Å². The summed E-state index contributed by atoms with van der Waals surface area (Å²) in [7, 11) is -4.39. The van der Waals surface area contributed by atoms with E-state index in [0.29, 0.717) is 0 Å². The topological polar surface area (TPSA) is 96.1 Å². The standard InChI is InChI=1S/C5H6N2O3S.Na/c6-5-2-1-4(3-7-5)11(8,9)10;/h1-3H,(H2,6,7)(H,8,9,10);/p-1. The minimum atomic E-state index is -4.39. The fourth-order valence-corrected chi connectivity index (χ4v) is 0.956. The number of nitrogens with two attached hydrogens (primary N) is 1. The van der Waals surface area contributed by atoms with Crippen molar-refractivity contribution < 1.29 is 13.0 Å². The molecule has 0 aliphatic heterocycles. The van der Waals surface area contributed by atoms with Gasteiger partial charge in [-0.15, -0.1) is 0 Å². The van der Waals surface area contributed by atoms with Crippen LogP contribution in [0.4, 0.5) is 5.82 Å². The second-order valence-corrected chi connectivity index (χ2v) is 3.25. The molecule has 61 valence electrons. The van der Waals surface area contributed by atoms with Crippen LogP contribution in [0.1, 0.15) is 0 Å². The summed E-state index contributed by atoms with van der Waals surface area (Å²) in [5.74, 6) is 0.178. The Balaban J connectivity index is 0.00000121. The molecule has 0 aliphatic rings. The van der Waals surface area contributed by atoms with E-state index in [2.05, 4.69) is 4.98 Å². The maximum atomic E-state index is 10.3. The van der Waals surface area contributed by atoms with E-state index in [9.17, 15) is 13.0 Å². The summed E-state index contributed by atoms with van der Waals surface area (Å²) in [6, 6.07) is 2.37. The number of pyridine rings is 1. The molecule has 0 fully saturated rings. The molecular weight excluding hydrogens is 191 g/mol. The van der Waals surface area contributed by atoms with Crippen molar-refractivity contribution >= 4 is 45.5 Å². The zero-order valence-electron chi connectivity index (χ0n) is 6.39. The van der Waals surface area contributed by atoms with Crippen LogP contribution in [0, 0.1) is 0 Å². The molecule has 0 aliphatic carbocycles. The molecular formula is C5H5N2NaO3S-. The van der Waals surface area contributed by atoms with Crippen molar-refractivity contribution in [1.29, 1.82) is 0 Å². The summed E-state index contributed by atoms with van der Waals surface area (Å²) in [6.45, 7) is 0. The normalized spacial score (nSPS) is 10.4. The van der Waals surface area contributed by atoms with Gasteiger partial charge in [0.05, 0.1) is 4.90 Å². The van der Waals surface area contributed by atoms with Gasteiger partial charge in [0, 0.05) is 35.8 Å². The second-order valence-electron chi connectivity index (χ2n) is 1.87. The molecule has 0 aromatic carbocycles. The monoisotopic (exact) mass is 196 g/mol. The third-order valence-electron chi connectivity index (χ3n) is 1.05. The first-order valence-corrected chi connectivity index (χ1v) is 4.08. The van der Waals surface area contributed by atoms with E-state index >= 15 is 0 Å². The van der Waals surface area contributed by atoms with Gasteiger partial charge in [0.15, 0.2) is 0 Å². The number of rotatable bonds is 1. The molecule has 1 aromatic rings. The van der Waals surface area contributed by atoms with Gasteiger partial charge < -0.3 is 10.3 Å². The summed E-state index contributed by atoms with van der Waals surface area (Å²) in [6.07, 6.45) is 0.928. The van der Waals surface area contributed by atoms with Gasteiger partial charge in [-0.2, -0.15) is 0 Å². The molecule has 1 radical (unpaired) electrons. The molecule has 7 heteroatoms. The van der Waals surface area contributed by atoms with Crippen molar-refractivity contribution in [3.63, 3.8) is 0 Å². The fraction of sp³-hybridized carbons (Fsp3) is 0. The van der Waals surface area contributed by atoms with E-state index in [1.165, 1.54) is 6.07 Å². The fourth-order valence-electron chi connectivity index (χ4n) is 0.540. The summed E-state index contributed by atoms with van der Waals surface area (Å²) in [5, 5.41) is 0. The number of aromatic nitrogens is 1. The Bertz CT molecular complexity index is 347. The molecule has 2 N–H and O–H groups in total. The first kappa shape index (κ1) is 11.9. The number of hydrogen-bond donors (Lipinski definition) is 1. The quantitative estimate of drug-likeness (QED) is 0.468. The number of hydrogen-bond acceptors (Lipinski definition) is 5. The number of anilines is 1. The van der Waals surface area contributed by atoms with Gasteiger partial charge in [0.1, 0.15) is 15.9 Å². The van der Waals surface area contributed by atoms with Crippen LogP contribution in [0.25, 0.3) is 0 Å². The maximum absolute atomic E-state index is 10.3. The van der Waals surface area contributed by atoms with Crippen LogP contribution >= 0.6 is 0 Å². The van der Waals surface area contributed by atoms with Crippen LogP contribution in [0.2, 0.25) is 0 Å². The Morgan fingerprint density at radius 2 is 2.00 bits per heavy atom. The van der Waals surface area contributed by atoms with Crippen LogP contribution < -0.4 is 5.73 Å². The molecule has 0 bridgehead atoms. The third-order valence-corrected chi connectivity index (χ3v) is 1.87. The van der Waals surface area contributed by atoms with Gasteiger partial charge in [-0.3, -0.25) is 0 Å². The van der Waals surface area contributed by atoms with E-state index in [0.717, 1.165) is 12.3 Å². The van der Waals surface area contributed by atoms with E-state index < -0.39 is 10.1 Å². The number of nitrogen functional groups attached to an aromatic ring is 1. The minimum absolute atomic E-state index is 0. The van der Waals surface area contributed by atoms with E-state index in [4.69, 9.17) is 5.73 Å². The van der Waals surface area contributed by atoms with Gasteiger partial charge in [-0.25, -0.2) is 13.4 Å². The maximum Gasteiger partial charge on any atom is 0.125 e. The molecule has 0 spiro atoms. The minimum Gasteiger partial charge on any atom is -0.744 e. The average Bonchev–Trinajstić information content (AvgIpc) is 1.86. The Hall–Kier alpha value is -0.140.